The summed E-state index contributed by atoms with van der Waals surface area (Å²) in [7, 11) is 1.55. The third-order valence-electron chi connectivity index (χ3n) is 4.40. The van der Waals surface area contributed by atoms with Crippen LogP contribution in [0.25, 0.3) is 6.08 Å². The molecule has 1 aromatic rings. The number of piperazine rings is 1. The van der Waals surface area contributed by atoms with Gasteiger partial charge in [-0.1, -0.05) is 0 Å². The standard InChI is InChI=1S/C16H22N6O2/c1-11(2)21-6-8-22(9-7-21)15-17-5-4-12(18-15)10-13-14(23)19-16(24)20(13)3/h4-5,10-11H,6-9H2,1-3H3,(H,19,23,24)/b13-10+. The molecule has 0 saturated carbocycles. The Labute approximate surface area is 141 Å². The lowest BCUT2D eigenvalue weighted by Crippen LogP contribution is -2.49. The number of urea groups is 1. The van der Waals surface area contributed by atoms with Crippen LogP contribution < -0.4 is 10.2 Å². The van der Waals surface area contributed by atoms with Crippen LogP contribution in [0.5, 0.6) is 0 Å². The van der Waals surface area contributed by atoms with Gasteiger partial charge in [-0.2, -0.15) is 0 Å². The van der Waals surface area contributed by atoms with Crippen molar-refractivity contribution in [3.05, 3.63) is 23.7 Å². The molecule has 2 saturated heterocycles. The minimum atomic E-state index is -0.426. The Hall–Kier alpha value is -2.48. The number of carbonyl (C=O) groups excluding carboxylic acids is 2. The van der Waals surface area contributed by atoms with Crippen molar-refractivity contribution in [2.24, 2.45) is 0 Å². The van der Waals surface area contributed by atoms with Gasteiger partial charge in [-0.15, -0.1) is 0 Å². The number of nitrogens with one attached hydrogen (secondary N) is 1. The Kier molecular flexibility index (Phi) is 4.48. The smallest absolute Gasteiger partial charge is 0.328 e. The molecule has 0 bridgehead atoms. The van der Waals surface area contributed by atoms with Gasteiger partial charge in [0.1, 0.15) is 5.70 Å². The summed E-state index contributed by atoms with van der Waals surface area (Å²) in [6, 6.07) is 1.84. The predicted octanol–water partition coefficient (Wildman–Crippen LogP) is 0.529. The number of hydrogen-bond acceptors (Lipinski definition) is 6. The minimum absolute atomic E-state index is 0.286. The minimum Gasteiger partial charge on any atom is -0.338 e. The zero-order valence-electron chi connectivity index (χ0n) is 14.2. The SMILES string of the molecule is CC(C)N1CCN(c2nccc(/C=C3\C(=O)NC(=O)N3C)n2)CC1. The van der Waals surface area contributed by atoms with Crippen molar-refractivity contribution in [2.75, 3.05) is 38.1 Å². The van der Waals surface area contributed by atoms with Gasteiger partial charge in [-0.05, 0) is 26.0 Å². The first-order valence-corrected chi connectivity index (χ1v) is 8.08. The molecule has 2 aliphatic heterocycles. The fourth-order valence-corrected chi connectivity index (χ4v) is 2.84. The molecule has 128 valence electrons. The first-order valence-electron chi connectivity index (χ1n) is 8.08. The lowest BCUT2D eigenvalue weighted by atomic mass is 10.2. The van der Waals surface area contributed by atoms with Gasteiger partial charge in [0.15, 0.2) is 0 Å². The monoisotopic (exact) mass is 330 g/mol. The molecule has 0 aliphatic carbocycles. The summed E-state index contributed by atoms with van der Waals surface area (Å²) in [6.45, 7) is 8.10. The van der Waals surface area contributed by atoms with Crippen LogP contribution in [0.2, 0.25) is 0 Å². The Morgan fingerprint density at radius 3 is 2.50 bits per heavy atom. The molecule has 3 amide bonds. The zero-order chi connectivity index (χ0) is 17.3. The van der Waals surface area contributed by atoms with Crippen molar-refractivity contribution < 1.29 is 9.59 Å². The third-order valence-corrected chi connectivity index (χ3v) is 4.40. The van der Waals surface area contributed by atoms with E-state index < -0.39 is 11.9 Å². The molecular weight excluding hydrogens is 308 g/mol. The normalized spacial score (nSPS) is 21.1. The van der Waals surface area contributed by atoms with Crippen molar-refractivity contribution in [3.63, 3.8) is 0 Å². The molecule has 8 heteroatoms. The topological polar surface area (TPSA) is 81.7 Å². The average Bonchev–Trinajstić information content (AvgIpc) is 2.81. The van der Waals surface area contributed by atoms with Gasteiger partial charge in [0.2, 0.25) is 5.95 Å². The molecular formula is C16H22N6O2. The zero-order valence-corrected chi connectivity index (χ0v) is 14.2. The summed E-state index contributed by atoms with van der Waals surface area (Å²) in [6.07, 6.45) is 3.29. The Bertz CT molecular complexity index is 679. The van der Waals surface area contributed by atoms with Crippen LogP contribution in [-0.2, 0) is 4.79 Å². The molecule has 2 fully saturated rings. The Balaban J connectivity index is 1.76. The van der Waals surface area contributed by atoms with Gasteiger partial charge in [0.05, 0.1) is 5.69 Å². The first kappa shape index (κ1) is 16.4. The number of likely N-dealkylation sites (N-methyl/N-ethyl adjacent to an activating group) is 1. The van der Waals surface area contributed by atoms with Crippen molar-refractivity contribution in [1.29, 1.82) is 0 Å². The summed E-state index contributed by atoms with van der Waals surface area (Å²) >= 11 is 0. The maximum absolute atomic E-state index is 11.8. The number of carbonyl (C=O) groups is 2. The van der Waals surface area contributed by atoms with E-state index in [4.69, 9.17) is 0 Å². The van der Waals surface area contributed by atoms with Gasteiger partial charge in [-0.3, -0.25) is 19.9 Å². The second kappa shape index (κ2) is 6.56. The lowest BCUT2D eigenvalue weighted by molar-refractivity contribution is -0.115. The lowest BCUT2D eigenvalue weighted by Gasteiger charge is -2.36. The summed E-state index contributed by atoms with van der Waals surface area (Å²) in [5.41, 5.74) is 0.896. The van der Waals surface area contributed by atoms with Crippen molar-refractivity contribution in [2.45, 2.75) is 19.9 Å². The van der Waals surface area contributed by atoms with E-state index in [-0.39, 0.29) is 5.70 Å². The first-order chi connectivity index (χ1) is 11.5. The molecule has 3 rings (SSSR count). The number of hydrogen-bond donors (Lipinski definition) is 1. The van der Waals surface area contributed by atoms with E-state index in [0.29, 0.717) is 17.7 Å². The van der Waals surface area contributed by atoms with E-state index in [9.17, 15) is 9.59 Å². The number of aromatic nitrogens is 2. The van der Waals surface area contributed by atoms with Gasteiger partial charge >= 0.3 is 6.03 Å². The van der Waals surface area contributed by atoms with E-state index >= 15 is 0 Å². The van der Waals surface area contributed by atoms with E-state index in [1.54, 1.807) is 25.4 Å². The van der Waals surface area contributed by atoms with E-state index in [0.717, 1.165) is 26.2 Å². The van der Waals surface area contributed by atoms with Crippen LogP contribution in [0.4, 0.5) is 10.7 Å². The molecule has 24 heavy (non-hydrogen) atoms. The van der Waals surface area contributed by atoms with Crippen LogP contribution in [0.1, 0.15) is 19.5 Å². The second-order valence-corrected chi connectivity index (χ2v) is 6.25. The average molecular weight is 330 g/mol. The Morgan fingerprint density at radius 1 is 1.21 bits per heavy atom. The van der Waals surface area contributed by atoms with Gasteiger partial charge in [-0.25, -0.2) is 14.8 Å². The predicted molar refractivity (Wildman–Crippen MR) is 90.2 cm³/mol. The van der Waals surface area contributed by atoms with Crippen molar-refractivity contribution >= 4 is 24.0 Å². The summed E-state index contributed by atoms with van der Waals surface area (Å²) < 4.78 is 0. The van der Waals surface area contributed by atoms with Gasteiger partial charge in [0, 0.05) is 45.5 Å². The summed E-state index contributed by atoms with van der Waals surface area (Å²) in [4.78, 5) is 38.0. The summed E-state index contributed by atoms with van der Waals surface area (Å²) in [5, 5.41) is 2.25. The molecule has 3 heterocycles. The second-order valence-electron chi connectivity index (χ2n) is 6.25. The highest BCUT2D eigenvalue weighted by molar-refractivity contribution is 6.13. The van der Waals surface area contributed by atoms with Crippen LogP contribution in [0, 0.1) is 0 Å². The summed E-state index contributed by atoms with van der Waals surface area (Å²) in [5.74, 6) is 0.244. The third kappa shape index (κ3) is 3.23. The molecule has 1 N–H and O–H groups in total. The quantitative estimate of drug-likeness (QED) is 0.643. The van der Waals surface area contributed by atoms with Crippen LogP contribution in [0.15, 0.2) is 18.0 Å². The van der Waals surface area contributed by atoms with E-state index in [1.165, 1.54) is 4.90 Å². The maximum Gasteiger partial charge on any atom is 0.328 e. The highest BCUT2D eigenvalue weighted by atomic mass is 16.2. The fraction of sp³-hybridized carbons (Fsp3) is 0.500. The maximum atomic E-state index is 11.8. The molecule has 8 nitrogen and oxygen atoms in total. The van der Waals surface area contributed by atoms with Gasteiger partial charge in [0.25, 0.3) is 5.91 Å². The highest BCUT2D eigenvalue weighted by Crippen LogP contribution is 2.17. The van der Waals surface area contributed by atoms with E-state index in [1.807, 2.05) is 0 Å². The Morgan fingerprint density at radius 2 is 1.92 bits per heavy atom. The van der Waals surface area contributed by atoms with Crippen molar-refractivity contribution in [1.82, 2.24) is 25.1 Å². The molecule has 0 unspecified atom stereocenters. The fourth-order valence-electron chi connectivity index (χ4n) is 2.84. The number of rotatable bonds is 3. The molecule has 0 atom stereocenters. The highest BCUT2D eigenvalue weighted by Gasteiger charge is 2.30. The number of amides is 3. The molecule has 0 spiro atoms. The molecule has 1 aromatic heterocycles. The number of nitrogens with zero attached hydrogens (tertiary/aromatic N) is 5. The van der Waals surface area contributed by atoms with Crippen LogP contribution >= 0.6 is 0 Å². The molecule has 0 radical (unpaired) electrons. The van der Waals surface area contributed by atoms with Crippen LogP contribution in [0.3, 0.4) is 0 Å². The largest absolute Gasteiger partial charge is 0.338 e. The van der Waals surface area contributed by atoms with Crippen molar-refractivity contribution in [3.8, 4) is 0 Å². The number of anilines is 1. The van der Waals surface area contributed by atoms with Crippen LogP contribution in [-0.4, -0.2) is 71.0 Å². The van der Waals surface area contributed by atoms with Gasteiger partial charge < -0.3 is 4.90 Å². The number of imide groups is 1. The molecule has 2 aliphatic rings. The van der Waals surface area contributed by atoms with E-state index in [2.05, 4.69) is 38.9 Å². The molecule has 0 aromatic carbocycles.